The van der Waals surface area contributed by atoms with Gasteiger partial charge in [0.25, 0.3) is 5.91 Å². The molecular weight excluding hydrogens is 413 g/mol. The first-order valence-corrected chi connectivity index (χ1v) is 9.52. The van der Waals surface area contributed by atoms with Crippen molar-refractivity contribution in [1.82, 2.24) is 30.0 Å². The Hall–Kier alpha value is -3.21. The van der Waals surface area contributed by atoms with Gasteiger partial charge in [0.1, 0.15) is 5.69 Å². The van der Waals surface area contributed by atoms with Crippen molar-refractivity contribution in [3.05, 3.63) is 47.5 Å². The first kappa shape index (κ1) is 22.5. The van der Waals surface area contributed by atoms with Crippen LogP contribution in [0.3, 0.4) is 0 Å². The van der Waals surface area contributed by atoms with Crippen LogP contribution >= 0.6 is 0 Å². The van der Waals surface area contributed by atoms with E-state index in [1.807, 2.05) is 19.0 Å². The Labute approximate surface area is 177 Å². The Kier molecular flexibility index (Phi) is 6.74. The number of pyridine rings is 2. The third-order valence-corrected chi connectivity index (χ3v) is 4.35. The molecule has 0 saturated heterocycles. The average Bonchev–Trinajstić information content (AvgIpc) is 3.08. The number of fused-ring (bicyclic) bond motifs is 1. The summed E-state index contributed by atoms with van der Waals surface area (Å²) in [6, 6.07) is 3.40. The van der Waals surface area contributed by atoms with Crippen molar-refractivity contribution < 1.29 is 22.7 Å². The number of nitrogens with zero attached hydrogens (tertiary/aromatic N) is 5. The number of hydrogen-bond acceptors (Lipinski definition) is 6. The van der Waals surface area contributed by atoms with Gasteiger partial charge in [-0.15, -0.1) is 0 Å². The summed E-state index contributed by atoms with van der Waals surface area (Å²) < 4.78 is 43.4. The molecule has 8 nitrogen and oxygen atoms in total. The number of carbonyl (C=O) groups excluding carboxylic acids is 1. The normalized spacial score (nSPS) is 11.8. The fourth-order valence-corrected chi connectivity index (χ4v) is 2.93. The lowest BCUT2D eigenvalue weighted by Crippen LogP contribution is -2.31. The van der Waals surface area contributed by atoms with Crippen molar-refractivity contribution in [2.24, 2.45) is 0 Å². The SMILES string of the molecule is Cc1cc(Cn2cc3c(C(=O)NCCN(C)C)nccc3n2)cnc1OCC(F)(F)F. The number of alkyl halides is 3. The zero-order valence-electron chi connectivity index (χ0n) is 17.4. The summed E-state index contributed by atoms with van der Waals surface area (Å²) in [7, 11) is 3.83. The van der Waals surface area contributed by atoms with E-state index in [1.165, 1.54) is 12.4 Å². The number of ether oxygens (including phenoxy) is 1. The Morgan fingerprint density at radius 1 is 1.29 bits per heavy atom. The molecule has 0 aliphatic carbocycles. The van der Waals surface area contributed by atoms with Gasteiger partial charge in [0, 0.05) is 37.2 Å². The molecule has 3 aromatic rings. The summed E-state index contributed by atoms with van der Waals surface area (Å²) in [5, 5.41) is 7.91. The van der Waals surface area contributed by atoms with Gasteiger partial charge in [0.15, 0.2) is 6.61 Å². The molecular formula is C20H23F3N6O2. The predicted octanol–water partition coefficient (Wildman–Crippen LogP) is 2.42. The lowest BCUT2D eigenvalue weighted by Gasteiger charge is -2.11. The van der Waals surface area contributed by atoms with Crippen molar-refractivity contribution in [3.63, 3.8) is 0 Å². The number of likely N-dealkylation sites (N-methyl/N-ethyl adjacent to an activating group) is 1. The Bertz CT molecular complexity index is 1060. The maximum absolute atomic E-state index is 12.5. The van der Waals surface area contributed by atoms with Crippen LogP contribution < -0.4 is 10.1 Å². The summed E-state index contributed by atoms with van der Waals surface area (Å²) in [5.74, 6) is -0.344. The molecule has 166 valence electrons. The molecule has 11 heteroatoms. The van der Waals surface area contributed by atoms with Gasteiger partial charge in [-0.3, -0.25) is 14.5 Å². The first-order valence-electron chi connectivity index (χ1n) is 9.52. The average molecular weight is 436 g/mol. The zero-order valence-corrected chi connectivity index (χ0v) is 17.4. The lowest BCUT2D eigenvalue weighted by atomic mass is 10.2. The molecule has 0 unspecified atom stereocenters. The van der Waals surface area contributed by atoms with Crippen LogP contribution in [0.4, 0.5) is 13.2 Å². The highest BCUT2D eigenvalue weighted by Crippen LogP contribution is 2.21. The number of rotatable bonds is 8. The van der Waals surface area contributed by atoms with E-state index in [2.05, 4.69) is 20.4 Å². The van der Waals surface area contributed by atoms with Gasteiger partial charge < -0.3 is 15.0 Å². The predicted molar refractivity (Wildman–Crippen MR) is 108 cm³/mol. The van der Waals surface area contributed by atoms with Crippen LogP contribution in [-0.2, 0) is 6.54 Å². The van der Waals surface area contributed by atoms with Gasteiger partial charge >= 0.3 is 6.18 Å². The van der Waals surface area contributed by atoms with E-state index in [0.717, 1.165) is 5.56 Å². The minimum absolute atomic E-state index is 0.0624. The van der Waals surface area contributed by atoms with Crippen LogP contribution in [0, 0.1) is 6.92 Å². The molecule has 0 saturated carbocycles. The standard InChI is InChI=1S/C20H23F3N6O2/c1-13-8-14(9-26-19(13)31-12-20(21,22)23)10-29-11-15-16(27-29)4-5-24-17(15)18(30)25-6-7-28(2)3/h4-5,8-9,11H,6-7,10,12H2,1-3H3,(H,25,30). The van der Waals surface area contributed by atoms with Gasteiger partial charge in [-0.2, -0.15) is 18.3 Å². The minimum Gasteiger partial charge on any atom is -0.468 e. The number of carbonyl (C=O) groups is 1. The molecule has 0 aromatic carbocycles. The lowest BCUT2D eigenvalue weighted by molar-refractivity contribution is -0.154. The van der Waals surface area contributed by atoms with Crippen molar-refractivity contribution >= 4 is 16.8 Å². The molecule has 0 aliphatic heterocycles. The van der Waals surface area contributed by atoms with E-state index in [9.17, 15) is 18.0 Å². The van der Waals surface area contributed by atoms with Gasteiger partial charge in [-0.05, 0) is 38.7 Å². The van der Waals surface area contributed by atoms with Crippen LogP contribution in [0.1, 0.15) is 21.6 Å². The van der Waals surface area contributed by atoms with Crippen molar-refractivity contribution in [1.29, 1.82) is 0 Å². The van der Waals surface area contributed by atoms with E-state index in [0.29, 0.717) is 36.1 Å². The zero-order chi connectivity index (χ0) is 22.6. The number of nitrogens with one attached hydrogen (secondary N) is 1. The Balaban J connectivity index is 1.74. The monoisotopic (exact) mass is 436 g/mol. The van der Waals surface area contributed by atoms with Crippen LogP contribution in [-0.4, -0.2) is 70.5 Å². The van der Waals surface area contributed by atoms with Crippen LogP contribution in [0.15, 0.2) is 30.7 Å². The number of halogens is 3. The van der Waals surface area contributed by atoms with Crippen molar-refractivity contribution in [3.8, 4) is 5.88 Å². The molecule has 3 aromatic heterocycles. The topological polar surface area (TPSA) is 85.2 Å². The van der Waals surface area contributed by atoms with E-state index < -0.39 is 12.8 Å². The van der Waals surface area contributed by atoms with Crippen LogP contribution in [0.25, 0.3) is 10.9 Å². The summed E-state index contributed by atoms with van der Waals surface area (Å²) in [4.78, 5) is 22.6. The number of aromatic nitrogens is 4. The molecule has 0 atom stereocenters. The second-order valence-electron chi connectivity index (χ2n) is 7.35. The molecule has 31 heavy (non-hydrogen) atoms. The van der Waals surface area contributed by atoms with Crippen molar-refractivity contribution in [2.45, 2.75) is 19.6 Å². The first-order chi connectivity index (χ1) is 14.6. The Morgan fingerprint density at radius 3 is 2.74 bits per heavy atom. The van der Waals surface area contributed by atoms with E-state index in [4.69, 9.17) is 4.74 Å². The maximum Gasteiger partial charge on any atom is 0.422 e. The molecule has 1 amide bonds. The number of aryl methyl sites for hydroxylation is 1. The van der Waals surface area contributed by atoms with E-state index >= 15 is 0 Å². The maximum atomic E-state index is 12.5. The summed E-state index contributed by atoms with van der Waals surface area (Å²) in [5.41, 5.74) is 2.12. The smallest absolute Gasteiger partial charge is 0.422 e. The van der Waals surface area contributed by atoms with Gasteiger partial charge in [-0.25, -0.2) is 4.98 Å². The molecule has 1 N–H and O–H groups in total. The van der Waals surface area contributed by atoms with Gasteiger partial charge in [0.05, 0.1) is 17.4 Å². The third-order valence-electron chi connectivity index (χ3n) is 4.35. The highest BCUT2D eigenvalue weighted by Gasteiger charge is 2.29. The number of amides is 1. The summed E-state index contributed by atoms with van der Waals surface area (Å²) >= 11 is 0. The largest absolute Gasteiger partial charge is 0.468 e. The molecule has 0 fully saturated rings. The van der Waals surface area contributed by atoms with Crippen molar-refractivity contribution in [2.75, 3.05) is 33.8 Å². The highest BCUT2D eigenvalue weighted by atomic mass is 19.4. The van der Waals surface area contributed by atoms with Gasteiger partial charge in [-0.1, -0.05) is 0 Å². The highest BCUT2D eigenvalue weighted by molar-refractivity contribution is 6.04. The summed E-state index contributed by atoms with van der Waals surface area (Å²) in [6.07, 6.45) is 0.260. The van der Waals surface area contributed by atoms with E-state index in [1.54, 1.807) is 29.9 Å². The Morgan fingerprint density at radius 2 is 2.06 bits per heavy atom. The minimum atomic E-state index is -4.42. The molecule has 3 rings (SSSR count). The molecule has 0 spiro atoms. The van der Waals surface area contributed by atoms with E-state index in [-0.39, 0.29) is 17.5 Å². The van der Waals surface area contributed by atoms with Crippen LogP contribution in [0.5, 0.6) is 5.88 Å². The van der Waals surface area contributed by atoms with Crippen LogP contribution in [0.2, 0.25) is 0 Å². The third kappa shape index (κ3) is 6.14. The second-order valence-corrected chi connectivity index (χ2v) is 7.35. The fraction of sp³-hybridized carbons (Fsp3) is 0.400. The second kappa shape index (κ2) is 9.29. The summed E-state index contributed by atoms with van der Waals surface area (Å²) in [6.45, 7) is 1.75. The quantitative estimate of drug-likeness (QED) is 0.584. The fourth-order valence-electron chi connectivity index (χ4n) is 2.93. The molecule has 0 aliphatic rings. The molecule has 0 bridgehead atoms. The molecule has 3 heterocycles. The molecule has 0 radical (unpaired) electrons. The van der Waals surface area contributed by atoms with Gasteiger partial charge in [0.2, 0.25) is 5.88 Å². The number of hydrogen-bond donors (Lipinski definition) is 1.